The van der Waals surface area contributed by atoms with Crippen LogP contribution < -0.4 is 0 Å². The van der Waals surface area contributed by atoms with E-state index in [0.717, 1.165) is 22.3 Å². The Morgan fingerprint density at radius 1 is 1.10 bits per heavy atom. The number of rotatable bonds is 6. The number of halogens is 1. The third-order valence-electron chi connectivity index (χ3n) is 5.38. The number of benzene rings is 2. The number of hydrogen-bond acceptors (Lipinski definition) is 2. The molecule has 1 unspecified atom stereocenters. The molecule has 5 heteroatoms. The van der Waals surface area contributed by atoms with Crippen LogP contribution in [0.2, 0.25) is 0 Å². The number of terminal acetylenes is 1. The third kappa shape index (κ3) is 5.45. The molecule has 1 fully saturated rings. The molecule has 3 amide bonds. The first-order valence-electron chi connectivity index (χ1n) is 10.1. The smallest absolute Gasteiger partial charge is 0.320 e. The Morgan fingerprint density at radius 2 is 1.74 bits per heavy atom. The van der Waals surface area contributed by atoms with E-state index >= 15 is 0 Å². The van der Waals surface area contributed by atoms with Gasteiger partial charge in [-0.2, -0.15) is 0 Å². The van der Waals surface area contributed by atoms with E-state index in [2.05, 4.69) is 18.1 Å². The summed E-state index contributed by atoms with van der Waals surface area (Å²) in [5.74, 6) is 2.17. The zero-order valence-corrected chi connectivity index (χ0v) is 18.5. The summed E-state index contributed by atoms with van der Waals surface area (Å²) in [4.78, 5) is 28.6. The van der Waals surface area contributed by atoms with Crippen molar-refractivity contribution in [3.05, 3.63) is 82.9 Å². The highest BCUT2D eigenvalue weighted by Gasteiger charge is 2.37. The minimum absolute atomic E-state index is 0.176. The zero-order valence-electron chi connectivity index (χ0n) is 17.7. The highest BCUT2D eigenvalue weighted by Crippen LogP contribution is 2.31. The monoisotopic (exact) mass is 432 g/mol. The van der Waals surface area contributed by atoms with Gasteiger partial charge in [0, 0.05) is 7.05 Å². The lowest BCUT2D eigenvalue weighted by Crippen LogP contribution is -2.52. The Kier molecular flexibility index (Phi) is 7.33. The van der Waals surface area contributed by atoms with Gasteiger partial charge in [-0.15, -0.1) is 6.42 Å². The summed E-state index contributed by atoms with van der Waals surface area (Å²) < 4.78 is 0. The molecule has 1 saturated heterocycles. The van der Waals surface area contributed by atoms with Gasteiger partial charge in [-0.3, -0.25) is 9.69 Å². The summed E-state index contributed by atoms with van der Waals surface area (Å²) in [5, 5.41) is 0.343. The van der Waals surface area contributed by atoms with Crippen molar-refractivity contribution < 1.29 is 9.59 Å². The molecule has 0 bridgehead atoms. The fraction of sp³-hybridized carbons (Fsp3) is 0.231. The summed E-state index contributed by atoms with van der Waals surface area (Å²) >= 11 is 5.80. The number of carbonyl (C=O) groups excluding carboxylic acids is 2. The van der Waals surface area contributed by atoms with Crippen molar-refractivity contribution in [1.29, 1.82) is 0 Å². The summed E-state index contributed by atoms with van der Waals surface area (Å²) in [6.07, 6.45) is 9.65. The van der Waals surface area contributed by atoms with Crippen molar-refractivity contribution >= 4 is 23.5 Å². The van der Waals surface area contributed by atoms with E-state index in [4.69, 9.17) is 18.0 Å². The summed E-state index contributed by atoms with van der Waals surface area (Å²) in [6.45, 7) is 2.13. The normalized spacial score (nSPS) is 17.7. The molecule has 158 valence electrons. The van der Waals surface area contributed by atoms with Gasteiger partial charge in [0.25, 0.3) is 0 Å². The van der Waals surface area contributed by atoms with Crippen LogP contribution in [0.3, 0.4) is 0 Å². The first-order chi connectivity index (χ1) is 14.9. The molecule has 1 atom stereocenters. The summed E-state index contributed by atoms with van der Waals surface area (Å²) in [5.41, 5.74) is 4.08. The van der Waals surface area contributed by atoms with Crippen LogP contribution >= 0.6 is 11.6 Å². The Hall–Kier alpha value is -3.29. The average molecular weight is 433 g/mol. The van der Waals surface area contributed by atoms with Crippen LogP contribution in [-0.2, 0) is 4.79 Å². The van der Waals surface area contributed by atoms with Crippen molar-refractivity contribution in [1.82, 2.24) is 9.80 Å². The molecule has 1 aliphatic heterocycles. The van der Waals surface area contributed by atoms with Crippen molar-refractivity contribution in [3.8, 4) is 23.5 Å². The quantitative estimate of drug-likeness (QED) is 0.429. The highest BCUT2D eigenvalue weighted by molar-refractivity contribution is 6.32. The maximum atomic E-state index is 12.9. The van der Waals surface area contributed by atoms with E-state index in [9.17, 15) is 9.59 Å². The summed E-state index contributed by atoms with van der Waals surface area (Å²) in [6, 6.07) is 17.6. The van der Waals surface area contributed by atoms with E-state index in [1.54, 1.807) is 18.0 Å². The molecular formula is C26H25ClN2O2. The molecule has 0 radical (unpaired) electrons. The number of nitrogens with zero attached hydrogens (tertiary/aromatic N) is 2. The number of amides is 3. The number of imide groups is 1. The highest BCUT2D eigenvalue weighted by atomic mass is 35.5. The third-order valence-corrected chi connectivity index (χ3v) is 5.64. The minimum Gasteiger partial charge on any atom is -0.320 e. The SMILES string of the molecule is C#C/C(Cl)=C\C/C=C(\C)CN1C(=O)CC(c2ccc(-c3ccccc3)cc2)N(C)C1=O. The Labute approximate surface area is 188 Å². The molecule has 0 saturated carbocycles. The van der Waals surface area contributed by atoms with Crippen molar-refractivity contribution in [2.45, 2.75) is 25.8 Å². The summed E-state index contributed by atoms with van der Waals surface area (Å²) in [7, 11) is 1.74. The topological polar surface area (TPSA) is 40.6 Å². The maximum Gasteiger partial charge on any atom is 0.327 e. The first kappa shape index (κ1) is 22.4. The van der Waals surface area contributed by atoms with E-state index in [-0.39, 0.29) is 30.9 Å². The molecule has 0 spiro atoms. The second kappa shape index (κ2) is 10.1. The van der Waals surface area contributed by atoms with Crippen molar-refractivity contribution in [2.75, 3.05) is 13.6 Å². The molecule has 2 aromatic rings. The van der Waals surface area contributed by atoms with Crippen LogP contribution in [0, 0.1) is 12.3 Å². The molecule has 3 rings (SSSR count). The molecule has 1 aliphatic rings. The number of urea groups is 1. The zero-order chi connectivity index (χ0) is 22.4. The minimum atomic E-state index is -0.293. The van der Waals surface area contributed by atoms with Crippen LogP contribution in [0.15, 0.2) is 77.4 Å². The van der Waals surface area contributed by atoms with Gasteiger partial charge in [0.1, 0.15) is 0 Å². The second-order valence-electron chi connectivity index (χ2n) is 7.56. The lowest BCUT2D eigenvalue weighted by atomic mass is 9.96. The van der Waals surface area contributed by atoms with Crippen LogP contribution in [0.1, 0.15) is 31.4 Å². The Balaban J connectivity index is 1.70. The van der Waals surface area contributed by atoms with Crippen LogP contribution in [0.25, 0.3) is 11.1 Å². The van der Waals surface area contributed by atoms with Gasteiger partial charge in [0.2, 0.25) is 5.91 Å². The van der Waals surface area contributed by atoms with Gasteiger partial charge in [-0.25, -0.2) is 4.79 Å². The Bertz CT molecular complexity index is 1050. The van der Waals surface area contributed by atoms with Gasteiger partial charge in [0.05, 0.1) is 24.0 Å². The number of hydrogen-bond donors (Lipinski definition) is 0. The van der Waals surface area contributed by atoms with Gasteiger partial charge < -0.3 is 4.90 Å². The molecule has 2 aromatic carbocycles. The van der Waals surface area contributed by atoms with Gasteiger partial charge in [0.15, 0.2) is 0 Å². The molecule has 31 heavy (non-hydrogen) atoms. The fourth-order valence-electron chi connectivity index (χ4n) is 3.60. The molecule has 4 nitrogen and oxygen atoms in total. The van der Waals surface area contributed by atoms with E-state index < -0.39 is 0 Å². The number of allylic oxidation sites excluding steroid dienone is 3. The molecule has 0 aromatic heterocycles. The van der Waals surface area contributed by atoms with Crippen LogP contribution in [0.5, 0.6) is 0 Å². The molecule has 0 N–H and O–H groups in total. The number of carbonyl (C=O) groups is 2. The fourth-order valence-corrected chi connectivity index (χ4v) is 3.69. The molecule has 0 aliphatic carbocycles. The van der Waals surface area contributed by atoms with Crippen molar-refractivity contribution in [3.63, 3.8) is 0 Å². The standard InChI is InChI=1S/C26H25ClN2O2/c1-4-23(27)12-8-9-19(2)18-29-25(30)17-24(28(3)26(29)31)22-15-13-21(14-16-22)20-10-6-5-7-11-20/h1,5-7,9-16,24H,8,17-18H2,2-3H3/b19-9+,23-12+. The molecule has 1 heterocycles. The van der Waals surface area contributed by atoms with Crippen LogP contribution in [-0.4, -0.2) is 35.3 Å². The van der Waals surface area contributed by atoms with Gasteiger partial charge >= 0.3 is 6.03 Å². The average Bonchev–Trinajstić information content (AvgIpc) is 2.79. The van der Waals surface area contributed by atoms with Gasteiger partial charge in [-0.1, -0.05) is 89.8 Å². The van der Waals surface area contributed by atoms with Crippen molar-refractivity contribution in [2.24, 2.45) is 0 Å². The largest absolute Gasteiger partial charge is 0.327 e. The predicted octanol–water partition coefficient (Wildman–Crippen LogP) is 5.77. The molecular weight excluding hydrogens is 408 g/mol. The lowest BCUT2D eigenvalue weighted by molar-refractivity contribution is -0.132. The Morgan fingerprint density at radius 3 is 2.39 bits per heavy atom. The first-order valence-corrected chi connectivity index (χ1v) is 10.5. The van der Waals surface area contributed by atoms with E-state index in [1.165, 1.54) is 4.90 Å². The maximum absolute atomic E-state index is 12.9. The predicted molar refractivity (Wildman–Crippen MR) is 125 cm³/mol. The van der Waals surface area contributed by atoms with E-state index in [1.807, 2.05) is 55.5 Å². The second-order valence-corrected chi connectivity index (χ2v) is 7.97. The van der Waals surface area contributed by atoms with Gasteiger partial charge in [-0.05, 0) is 30.0 Å². The van der Waals surface area contributed by atoms with Crippen LogP contribution in [0.4, 0.5) is 4.79 Å². The van der Waals surface area contributed by atoms with E-state index in [0.29, 0.717) is 11.5 Å². The lowest BCUT2D eigenvalue weighted by Gasteiger charge is -2.38.